The van der Waals surface area contributed by atoms with Gasteiger partial charge < -0.3 is 5.32 Å². The van der Waals surface area contributed by atoms with E-state index in [-0.39, 0.29) is 0 Å². The monoisotopic (exact) mass is 266 g/mol. The first-order valence-electron chi connectivity index (χ1n) is 8.64. The molecule has 1 saturated heterocycles. The maximum Gasteiger partial charge on any atom is 0.0247 e. The molecule has 2 nitrogen and oxygen atoms in total. The van der Waals surface area contributed by atoms with Gasteiger partial charge in [-0.25, -0.2) is 0 Å². The highest BCUT2D eigenvalue weighted by molar-refractivity contribution is 4.92. The standard InChI is InChI=1S/C17H34N2/c1-5-7-15-12-19(17(11-18-15)13(3)4)16(6-2)10-14-8-9-14/h13-18H,5-12H2,1-4H3. The van der Waals surface area contributed by atoms with E-state index in [1.54, 1.807) is 0 Å². The van der Waals surface area contributed by atoms with Gasteiger partial charge in [-0.3, -0.25) is 4.90 Å². The van der Waals surface area contributed by atoms with Gasteiger partial charge in [-0.1, -0.05) is 47.0 Å². The van der Waals surface area contributed by atoms with Crippen molar-refractivity contribution >= 4 is 0 Å². The first-order valence-corrected chi connectivity index (χ1v) is 8.64. The second kappa shape index (κ2) is 7.08. The molecule has 19 heavy (non-hydrogen) atoms. The van der Waals surface area contributed by atoms with Crippen LogP contribution in [-0.4, -0.2) is 36.1 Å². The summed E-state index contributed by atoms with van der Waals surface area (Å²) in [7, 11) is 0. The topological polar surface area (TPSA) is 15.3 Å². The smallest absolute Gasteiger partial charge is 0.0247 e. The lowest BCUT2D eigenvalue weighted by molar-refractivity contribution is 0.0455. The Labute approximate surface area is 120 Å². The predicted octanol–water partition coefficient (Wildman–Crippen LogP) is 3.66. The molecule has 2 aliphatic rings. The first-order chi connectivity index (χ1) is 9.15. The van der Waals surface area contributed by atoms with E-state index in [4.69, 9.17) is 0 Å². The van der Waals surface area contributed by atoms with E-state index in [1.165, 1.54) is 51.6 Å². The third-order valence-corrected chi connectivity index (χ3v) is 5.12. The maximum atomic E-state index is 3.79. The van der Waals surface area contributed by atoms with Crippen LogP contribution < -0.4 is 5.32 Å². The number of hydrogen-bond donors (Lipinski definition) is 1. The average molecular weight is 266 g/mol. The molecule has 1 aliphatic carbocycles. The van der Waals surface area contributed by atoms with Crippen molar-refractivity contribution in [1.82, 2.24) is 10.2 Å². The summed E-state index contributed by atoms with van der Waals surface area (Å²) in [6, 6.07) is 2.31. The summed E-state index contributed by atoms with van der Waals surface area (Å²) in [5.41, 5.74) is 0. The van der Waals surface area contributed by atoms with Crippen LogP contribution in [0.5, 0.6) is 0 Å². The zero-order valence-electron chi connectivity index (χ0n) is 13.5. The van der Waals surface area contributed by atoms with Crippen LogP contribution in [0.2, 0.25) is 0 Å². The number of rotatable bonds is 7. The highest BCUT2D eigenvalue weighted by Crippen LogP contribution is 2.36. The molecule has 3 unspecified atom stereocenters. The predicted molar refractivity (Wildman–Crippen MR) is 83.5 cm³/mol. The quantitative estimate of drug-likeness (QED) is 0.756. The summed E-state index contributed by atoms with van der Waals surface area (Å²) in [6.07, 6.45) is 8.41. The molecule has 0 aromatic carbocycles. The molecule has 2 rings (SSSR count). The van der Waals surface area contributed by atoms with Crippen molar-refractivity contribution < 1.29 is 0 Å². The molecule has 0 radical (unpaired) electrons. The summed E-state index contributed by atoms with van der Waals surface area (Å²) >= 11 is 0. The fraction of sp³-hybridized carbons (Fsp3) is 1.00. The molecule has 0 aromatic heterocycles. The number of hydrogen-bond acceptors (Lipinski definition) is 2. The van der Waals surface area contributed by atoms with Gasteiger partial charge in [-0.2, -0.15) is 0 Å². The van der Waals surface area contributed by atoms with Crippen molar-refractivity contribution in [2.45, 2.75) is 84.3 Å². The first kappa shape index (κ1) is 15.3. The lowest BCUT2D eigenvalue weighted by Gasteiger charge is -2.46. The van der Waals surface area contributed by atoms with Gasteiger partial charge in [-0.05, 0) is 31.1 Å². The molecule has 0 aromatic rings. The van der Waals surface area contributed by atoms with Crippen LogP contribution in [0.3, 0.4) is 0 Å². The van der Waals surface area contributed by atoms with Crippen molar-refractivity contribution in [3.05, 3.63) is 0 Å². The lowest BCUT2D eigenvalue weighted by Crippen LogP contribution is -2.61. The Bertz CT molecular complexity index is 260. The molecule has 0 amide bonds. The Morgan fingerprint density at radius 2 is 1.95 bits per heavy atom. The highest BCUT2D eigenvalue weighted by Gasteiger charge is 2.35. The van der Waals surface area contributed by atoms with Crippen molar-refractivity contribution in [2.24, 2.45) is 11.8 Å². The van der Waals surface area contributed by atoms with E-state index in [1.807, 2.05) is 0 Å². The van der Waals surface area contributed by atoms with Crippen LogP contribution in [0.15, 0.2) is 0 Å². The summed E-state index contributed by atoms with van der Waals surface area (Å²) < 4.78 is 0. The Kier molecular flexibility index (Phi) is 5.70. The molecule has 0 bridgehead atoms. The van der Waals surface area contributed by atoms with Gasteiger partial charge in [-0.15, -0.1) is 0 Å². The van der Waals surface area contributed by atoms with Crippen LogP contribution in [-0.2, 0) is 0 Å². The number of nitrogens with one attached hydrogen (secondary N) is 1. The molecule has 2 fully saturated rings. The molecule has 1 N–H and O–H groups in total. The maximum absolute atomic E-state index is 3.79. The average Bonchev–Trinajstić information content (AvgIpc) is 3.20. The molecule has 1 saturated carbocycles. The van der Waals surface area contributed by atoms with Crippen molar-refractivity contribution in [2.75, 3.05) is 13.1 Å². The van der Waals surface area contributed by atoms with E-state index >= 15 is 0 Å². The fourth-order valence-electron chi connectivity index (χ4n) is 3.71. The molecular weight excluding hydrogens is 232 g/mol. The largest absolute Gasteiger partial charge is 0.311 e. The fourth-order valence-corrected chi connectivity index (χ4v) is 3.71. The Balaban J connectivity index is 1.99. The molecular formula is C17H34N2. The normalized spacial score (nSPS) is 30.8. The zero-order chi connectivity index (χ0) is 13.8. The van der Waals surface area contributed by atoms with Crippen LogP contribution in [0.25, 0.3) is 0 Å². The van der Waals surface area contributed by atoms with Crippen LogP contribution in [0.1, 0.15) is 66.2 Å². The van der Waals surface area contributed by atoms with Gasteiger partial charge in [0, 0.05) is 31.2 Å². The number of nitrogens with zero attached hydrogens (tertiary/aromatic N) is 1. The molecule has 3 atom stereocenters. The minimum absolute atomic E-state index is 0.730. The molecule has 1 aliphatic heterocycles. The van der Waals surface area contributed by atoms with E-state index in [9.17, 15) is 0 Å². The molecule has 2 heteroatoms. The minimum Gasteiger partial charge on any atom is -0.311 e. The van der Waals surface area contributed by atoms with Gasteiger partial charge in [0.05, 0.1) is 0 Å². The van der Waals surface area contributed by atoms with E-state index in [2.05, 4.69) is 37.9 Å². The summed E-state index contributed by atoms with van der Waals surface area (Å²) in [5, 5.41) is 3.79. The third kappa shape index (κ3) is 4.19. The van der Waals surface area contributed by atoms with Gasteiger partial charge in [0.1, 0.15) is 0 Å². The van der Waals surface area contributed by atoms with Gasteiger partial charge in [0.15, 0.2) is 0 Å². The summed E-state index contributed by atoms with van der Waals surface area (Å²) in [4.78, 5) is 2.87. The SMILES string of the molecule is CCCC1CN(C(CC)CC2CC2)C(C(C)C)CN1. The van der Waals surface area contributed by atoms with Crippen molar-refractivity contribution in [3.63, 3.8) is 0 Å². The van der Waals surface area contributed by atoms with Crippen molar-refractivity contribution in [3.8, 4) is 0 Å². The molecule has 0 spiro atoms. The van der Waals surface area contributed by atoms with Crippen LogP contribution in [0, 0.1) is 11.8 Å². The molecule has 1 heterocycles. The second-order valence-corrected chi connectivity index (χ2v) is 7.14. The van der Waals surface area contributed by atoms with E-state index < -0.39 is 0 Å². The van der Waals surface area contributed by atoms with Gasteiger partial charge in [0.25, 0.3) is 0 Å². The second-order valence-electron chi connectivity index (χ2n) is 7.14. The highest BCUT2D eigenvalue weighted by atomic mass is 15.3. The third-order valence-electron chi connectivity index (χ3n) is 5.12. The van der Waals surface area contributed by atoms with E-state index in [0.717, 1.165) is 30.0 Å². The minimum atomic E-state index is 0.730. The Hall–Kier alpha value is -0.0800. The summed E-state index contributed by atoms with van der Waals surface area (Å²) in [5.74, 6) is 1.82. The summed E-state index contributed by atoms with van der Waals surface area (Å²) in [6.45, 7) is 12.0. The Morgan fingerprint density at radius 3 is 2.47 bits per heavy atom. The lowest BCUT2D eigenvalue weighted by atomic mass is 9.93. The molecule has 112 valence electrons. The van der Waals surface area contributed by atoms with Crippen LogP contribution >= 0.6 is 0 Å². The van der Waals surface area contributed by atoms with Gasteiger partial charge >= 0.3 is 0 Å². The number of piperazine rings is 1. The van der Waals surface area contributed by atoms with Crippen LogP contribution in [0.4, 0.5) is 0 Å². The zero-order valence-corrected chi connectivity index (χ0v) is 13.5. The Morgan fingerprint density at radius 1 is 1.21 bits per heavy atom. The van der Waals surface area contributed by atoms with Gasteiger partial charge in [0.2, 0.25) is 0 Å². The van der Waals surface area contributed by atoms with Crippen molar-refractivity contribution in [1.29, 1.82) is 0 Å². The van der Waals surface area contributed by atoms with E-state index in [0.29, 0.717) is 0 Å².